The SMILES string of the molecule is COc1cccc(O[C@H]2O[C@H](CO)[C@@H](OC(=O)c3ccccc3)[C@H](OC(=O)c3ccccc3)[C@H]2OC(=O)c2ccccc2)n1. The monoisotopic (exact) mass is 599 g/mol. The molecule has 0 aliphatic carbocycles. The van der Waals surface area contributed by atoms with Gasteiger partial charge in [0, 0.05) is 12.1 Å². The number of hydrogen-bond acceptors (Lipinski definition) is 11. The van der Waals surface area contributed by atoms with E-state index < -0.39 is 55.2 Å². The average molecular weight is 600 g/mol. The maximum Gasteiger partial charge on any atom is 0.338 e. The van der Waals surface area contributed by atoms with Crippen LogP contribution in [0.5, 0.6) is 11.8 Å². The van der Waals surface area contributed by atoms with E-state index in [0.717, 1.165) is 0 Å². The lowest BCUT2D eigenvalue weighted by atomic mass is 9.97. The highest BCUT2D eigenvalue weighted by Gasteiger charge is 2.53. The van der Waals surface area contributed by atoms with E-state index >= 15 is 0 Å². The van der Waals surface area contributed by atoms with Gasteiger partial charge < -0.3 is 33.5 Å². The molecule has 1 saturated heterocycles. The Bertz CT molecular complexity index is 1550. The molecule has 5 atom stereocenters. The quantitative estimate of drug-likeness (QED) is 0.210. The van der Waals surface area contributed by atoms with Gasteiger partial charge in [-0.3, -0.25) is 0 Å². The van der Waals surface area contributed by atoms with Crippen LogP contribution in [0.4, 0.5) is 0 Å². The van der Waals surface area contributed by atoms with Crippen LogP contribution in [0.1, 0.15) is 31.1 Å². The molecule has 0 bridgehead atoms. The van der Waals surface area contributed by atoms with Crippen molar-refractivity contribution < 1.29 is 47.9 Å². The minimum absolute atomic E-state index is 0.0275. The Labute approximate surface area is 252 Å². The molecule has 226 valence electrons. The summed E-state index contributed by atoms with van der Waals surface area (Å²) < 4.78 is 34.8. The molecule has 0 unspecified atom stereocenters. The highest BCUT2D eigenvalue weighted by Crippen LogP contribution is 2.32. The van der Waals surface area contributed by atoms with E-state index in [0.29, 0.717) is 0 Å². The van der Waals surface area contributed by atoms with Gasteiger partial charge in [0.25, 0.3) is 0 Å². The third kappa shape index (κ3) is 7.20. The van der Waals surface area contributed by atoms with E-state index in [1.807, 2.05) is 0 Å². The standard InChI is InChI=1S/C33H29NO10/c1-39-25-18-11-19-26(34-25)41-33-29(44-32(38)23-16-9-4-10-17-23)28(43-31(37)22-14-7-3-8-15-22)27(24(20-35)40-33)42-30(36)21-12-5-2-6-13-21/h2-19,24,27-29,33,35H,20H2,1H3/t24-,27-,28+,29-,33-/m1/s1. The maximum absolute atomic E-state index is 13.4. The molecule has 1 aliphatic heterocycles. The summed E-state index contributed by atoms with van der Waals surface area (Å²) in [6.45, 7) is -0.670. The first kappa shape index (κ1) is 30.2. The van der Waals surface area contributed by atoms with Crippen LogP contribution in [-0.2, 0) is 18.9 Å². The van der Waals surface area contributed by atoms with Gasteiger partial charge in [0.2, 0.25) is 24.2 Å². The van der Waals surface area contributed by atoms with Crippen molar-refractivity contribution in [3.8, 4) is 11.8 Å². The number of aromatic nitrogens is 1. The number of methoxy groups -OCH3 is 1. The van der Waals surface area contributed by atoms with Gasteiger partial charge in [0.05, 0.1) is 30.4 Å². The largest absolute Gasteiger partial charge is 0.481 e. The number of esters is 3. The molecule has 0 radical (unpaired) electrons. The van der Waals surface area contributed by atoms with Crippen LogP contribution in [0.3, 0.4) is 0 Å². The van der Waals surface area contributed by atoms with Gasteiger partial charge >= 0.3 is 17.9 Å². The van der Waals surface area contributed by atoms with E-state index in [4.69, 9.17) is 28.4 Å². The number of aliphatic hydroxyl groups is 1. The summed E-state index contributed by atoms with van der Waals surface area (Å²) >= 11 is 0. The normalized spacial score (nSPS) is 21.0. The molecule has 1 N–H and O–H groups in total. The minimum atomic E-state index is -1.50. The van der Waals surface area contributed by atoms with Crippen LogP contribution in [0.25, 0.3) is 0 Å². The Morgan fingerprint density at radius 3 is 1.57 bits per heavy atom. The van der Waals surface area contributed by atoms with E-state index in [1.165, 1.54) is 37.4 Å². The number of carbonyl (C=O) groups is 3. The zero-order chi connectivity index (χ0) is 30.9. The Morgan fingerprint density at radius 1 is 0.636 bits per heavy atom. The van der Waals surface area contributed by atoms with Gasteiger partial charge in [-0.05, 0) is 36.4 Å². The Balaban J connectivity index is 1.55. The summed E-state index contributed by atoms with van der Waals surface area (Å²) in [6, 6.07) is 29.1. The summed E-state index contributed by atoms with van der Waals surface area (Å²) in [4.78, 5) is 44.2. The third-order valence-corrected chi connectivity index (χ3v) is 6.67. The third-order valence-electron chi connectivity index (χ3n) is 6.67. The highest BCUT2D eigenvalue weighted by atomic mass is 16.7. The van der Waals surface area contributed by atoms with Gasteiger partial charge in [0.1, 0.15) is 6.10 Å². The first-order valence-electron chi connectivity index (χ1n) is 13.7. The first-order chi connectivity index (χ1) is 21.5. The number of ether oxygens (including phenoxy) is 6. The number of rotatable bonds is 10. The van der Waals surface area contributed by atoms with Crippen molar-refractivity contribution in [1.82, 2.24) is 4.98 Å². The van der Waals surface area contributed by atoms with Crippen molar-refractivity contribution >= 4 is 17.9 Å². The second kappa shape index (κ2) is 14.3. The Morgan fingerprint density at radius 2 is 1.09 bits per heavy atom. The Kier molecular flexibility index (Phi) is 9.80. The van der Waals surface area contributed by atoms with E-state index in [9.17, 15) is 19.5 Å². The summed E-state index contributed by atoms with van der Waals surface area (Å²) in [6.07, 6.45) is -7.16. The molecule has 11 nitrogen and oxygen atoms in total. The van der Waals surface area contributed by atoms with Gasteiger partial charge in [-0.1, -0.05) is 60.7 Å². The van der Waals surface area contributed by atoms with Crippen LogP contribution in [-0.4, -0.2) is 72.4 Å². The summed E-state index contributed by atoms with van der Waals surface area (Å²) in [7, 11) is 1.43. The number of pyridine rings is 1. The predicted molar refractivity (Wildman–Crippen MR) is 154 cm³/mol. The van der Waals surface area contributed by atoms with Crippen LogP contribution >= 0.6 is 0 Å². The van der Waals surface area contributed by atoms with Crippen molar-refractivity contribution in [2.45, 2.75) is 30.7 Å². The van der Waals surface area contributed by atoms with Crippen molar-refractivity contribution in [3.63, 3.8) is 0 Å². The summed E-state index contributed by atoms with van der Waals surface area (Å²) in [5.41, 5.74) is 0.586. The zero-order valence-electron chi connectivity index (χ0n) is 23.6. The van der Waals surface area contributed by atoms with Gasteiger partial charge in [0.15, 0.2) is 12.2 Å². The smallest absolute Gasteiger partial charge is 0.338 e. The van der Waals surface area contributed by atoms with Crippen molar-refractivity contribution in [2.24, 2.45) is 0 Å². The first-order valence-corrected chi connectivity index (χ1v) is 13.7. The molecular formula is C33H29NO10. The van der Waals surface area contributed by atoms with Crippen molar-refractivity contribution in [1.29, 1.82) is 0 Å². The van der Waals surface area contributed by atoms with Crippen LogP contribution in [0, 0.1) is 0 Å². The number of aliphatic hydroxyl groups excluding tert-OH is 1. The molecular weight excluding hydrogens is 570 g/mol. The molecule has 0 spiro atoms. The lowest BCUT2D eigenvalue weighted by Crippen LogP contribution is -2.63. The second-order valence-corrected chi connectivity index (χ2v) is 9.57. The van der Waals surface area contributed by atoms with Gasteiger partial charge in [-0.15, -0.1) is 0 Å². The van der Waals surface area contributed by atoms with E-state index in [-0.39, 0.29) is 28.5 Å². The summed E-state index contributed by atoms with van der Waals surface area (Å²) in [5.74, 6) is -2.10. The predicted octanol–water partition coefficient (Wildman–Crippen LogP) is 3.86. The second-order valence-electron chi connectivity index (χ2n) is 9.57. The summed E-state index contributed by atoms with van der Waals surface area (Å²) in [5, 5.41) is 10.4. The molecule has 4 aromatic rings. The van der Waals surface area contributed by atoms with Crippen molar-refractivity contribution in [2.75, 3.05) is 13.7 Å². The number of nitrogens with zero attached hydrogens (tertiary/aromatic N) is 1. The molecule has 1 fully saturated rings. The molecule has 1 aliphatic rings. The van der Waals surface area contributed by atoms with Crippen molar-refractivity contribution in [3.05, 3.63) is 126 Å². The molecule has 5 rings (SSSR count). The average Bonchev–Trinajstić information content (AvgIpc) is 3.08. The Hall–Kier alpha value is -5.26. The highest BCUT2D eigenvalue weighted by molar-refractivity contribution is 5.91. The molecule has 0 amide bonds. The van der Waals surface area contributed by atoms with Gasteiger partial charge in [-0.2, -0.15) is 4.98 Å². The van der Waals surface area contributed by atoms with E-state index in [1.54, 1.807) is 78.9 Å². The molecule has 1 aromatic heterocycles. The molecule has 2 heterocycles. The fourth-order valence-corrected chi connectivity index (χ4v) is 4.51. The van der Waals surface area contributed by atoms with Crippen LogP contribution < -0.4 is 9.47 Å². The molecule has 3 aromatic carbocycles. The molecule has 11 heteroatoms. The van der Waals surface area contributed by atoms with Crippen LogP contribution in [0.2, 0.25) is 0 Å². The number of hydrogen-bond donors (Lipinski definition) is 1. The van der Waals surface area contributed by atoms with Gasteiger partial charge in [-0.25, -0.2) is 14.4 Å². The van der Waals surface area contributed by atoms with E-state index in [2.05, 4.69) is 4.98 Å². The lowest BCUT2D eigenvalue weighted by Gasteiger charge is -2.43. The topological polar surface area (TPSA) is 140 Å². The molecule has 44 heavy (non-hydrogen) atoms. The zero-order valence-corrected chi connectivity index (χ0v) is 23.6. The fraction of sp³-hybridized carbons (Fsp3) is 0.212. The number of carbonyl (C=O) groups excluding carboxylic acids is 3. The van der Waals surface area contributed by atoms with Crippen LogP contribution in [0.15, 0.2) is 109 Å². The maximum atomic E-state index is 13.4. The minimum Gasteiger partial charge on any atom is -0.481 e. The molecule has 0 saturated carbocycles. The number of benzene rings is 3. The fourth-order valence-electron chi connectivity index (χ4n) is 4.51. The lowest BCUT2D eigenvalue weighted by molar-refractivity contribution is -0.276.